The number of amides is 2. The summed E-state index contributed by atoms with van der Waals surface area (Å²) in [6.45, 7) is 1.95. The SMILES string of the molecule is COc1cccc(CNC(=O)N2CCc3ccccc3C2)c1. The van der Waals surface area contributed by atoms with Crippen LogP contribution in [0, 0.1) is 0 Å². The van der Waals surface area contributed by atoms with E-state index in [0.717, 1.165) is 24.3 Å². The lowest BCUT2D eigenvalue weighted by Crippen LogP contribution is -2.42. The molecule has 0 radical (unpaired) electrons. The smallest absolute Gasteiger partial charge is 0.317 e. The van der Waals surface area contributed by atoms with Crippen LogP contribution in [0.4, 0.5) is 4.79 Å². The van der Waals surface area contributed by atoms with E-state index in [1.54, 1.807) is 7.11 Å². The highest BCUT2D eigenvalue weighted by molar-refractivity contribution is 5.74. The summed E-state index contributed by atoms with van der Waals surface area (Å²) in [7, 11) is 1.64. The Kier molecular flexibility index (Phi) is 4.28. The number of carbonyl (C=O) groups excluding carboxylic acids is 1. The molecular weight excluding hydrogens is 276 g/mol. The number of carbonyl (C=O) groups is 1. The second-order valence-electron chi connectivity index (χ2n) is 5.45. The number of rotatable bonds is 3. The third kappa shape index (κ3) is 3.22. The average Bonchev–Trinajstić information content (AvgIpc) is 2.59. The minimum absolute atomic E-state index is 0.0164. The number of methoxy groups -OCH3 is 1. The first-order valence-corrected chi connectivity index (χ1v) is 7.49. The van der Waals surface area contributed by atoms with Gasteiger partial charge in [-0.2, -0.15) is 0 Å². The van der Waals surface area contributed by atoms with Gasteiger partial charge < -0.3 is 15.0 Å². The predicted octanol–water partition coefficient (Wildman–Crippen LogP) is 2.96. The summed E-state index contributed by atoms with van der Waals surface area (Å²) in [5, 5.41) is 2.98. The van der Waals surface area contributed by atoms with Gasteiger partial charge in [-0.3, -0.25) is 0 Å². The van der Waals surface area contributed by atoms with Crippen molar-refractivity contribution < 1.29 is 9.53 Å². The molecule has 0 spiro atoms. The summed E-state index contributed by atoms with van der Waals surface area (Å²) in [5.41, 5.74) is 3.62. The lowest BCUT2D eigenvalue weighted by Gasteiger charge is -2.29. The number of fused-ring (bicyclic) bond motifs is 1. The van der Waals surface area contributed by atoms with Gasteiger partial charge >= 0.3 is 6.03 Å². The van der Waals surface area contributed by atoms with Gasteiger partial charge in [-0.05, 0) is 35.2 Å². The molecule has 1 aliphatic heterocycles. The Hall–Kier alpha value is -2.49. The molecule has 4 heteroatoms. The van der Waals surface area contributed by atoms with Gasteiger partial charge in [0.25, 0.3) is 0 Å². The van der Waals surface area contributed by atoms with E-state index in [4.69, 9.17) is 4.74 Å². The lowest BCUT2D eigenvalue weighted by atomic mass is 10.0. The Morgan fingerprint density at radius 1 is 1.18 bits per heavy atom. The second kappa shape index (κ2) is 6.52. The standard InChI is InChI=1S/C18H20N2O2/c1-22-17-8-4-5-14(11-17)12-19-18(21)20-10-9-15-6-2-3-7-16(15)13-20/h2-8,11H,9-10,12-13H2,1H3,(H,19,21). The van der Waals surface area contributed by atoms with Crippen LogP contribution in [0.15, 0.2) is 48.5 Å². The Balaban J connectivity index is 1.59. The van der Waals surface area contributed by atoms with Crippen LogP contribution in [0.25, 0.3) is 0 Å². The minimum atomic E-state index is -0.0164. The molecule has 1 heterocycles. The van der Waals surface area contributed by atoms with Crippen molar-refractivity contribution in [2.24, 2.45) is 0 Å². The van der Waals surface area contributed by atoms with Crippen LogP contribution in [-0.4, -0.2) is 24.6 Å². The summed E-state index contributed by atoms with van der Waals surface area (Å²) in [6, 6.07) is 16.0. The number of urea groups is 1. The maximum Gasteiger partial charge on any atom is 0.317 e. The molecule has 0 bridgehead atoms. The van der Waals surface area contributed by atoms with Crippen LogP contribution in [-0.2, 0) is 19.5 Å². The first-order chi connectivity index (χ1) is 10.8. The number of nitrogens with zero attached hydrogens (tertiary/aromatic N) is 1. The molecule has 1 aliphatic rings. The average molecular weight is 296 g/mol. The van der Waals surface area contributed by atoms with E-state index in [2.05, 4.69) is 23.5 Å². The predicted molar refractivity (Wildman–Crippen MR) is 85.8 cm³/mol. The molecule has 2 aromatic rings. The van der Waals surface area contributed by atoms with Crippen molar-refractivity contribution in [2.45, 2.75) is 19.5 Å². The molecule has 0 saturated heterocycles. The lowest BCUT2D eigenvalue weighted by molar-refractivity contribution is 0.192. The summed E-state index contributed by atoms with van der Waals surface area (Å²) in [4.78, 5) is 14.2. The van der Waals surface area contributed by atoms with Gasteiger partial charge in [0.1, 0.15) is 5.75 Å². The quantitative estimate of drug-likeness (QED) is 0.946. The number of hydrogen-bond donors (Lipinski definition) is 1. The highest BCUT2D eigenvalue weighted by atomic mass is 16.5. The Morgan fingerprint density at radius 2 is 2.00 bits per heavy atom. The fraction of sp³-hybridized carbons (Fsp3) is 0.278. The first kappa shape index (κ1) is 14.4. The van der Waals surface area contributed by atoms with E-state index in [-0.39, 0.29) is 6.03 Å². The number of benzene rings is 2. The zero-order chi connectivity index (χ0) is 15.4. The molecule has 3 rings (SSSR count). The molecule has 114 valence electrons. The van der Waals surface area contributed by atoms with Gasteiger partial charge in [0.2, 0.25) is 0 Å². The fourth-order valence-corrected chi connectivity index (χ4v) is 2.74. The van der Waals surface area contributed by atoms with Gasteiger partial charge in [-0.15, -0.1) is 0 Å². The molecule has 1 N–H and O–H groups in total. The molecule has 0 aliphatic carbocycles. The molecule has 0 unspecified atom stereocenters. The first-order valence-electron chi connectivity index (χ1n) is 7.49. The van der Waals surface area contributed by atoms with Crippen molar-refractivity contribution in [3.63, 3.8) is 0 Å². The Labute approximate surface area is 130 Å². The maximum absolute atomic E-state index is 12.3. The van der Waals surface area contributed by atoms with Gasteiger partial charge in [-0.25, -0.2) is 4.79 Å². The van der Waals surface area contributed by atoms with Crippen LogP contribution >= 0.6 is 0 Å². The Bertz CT molecular complexity index is 670. The van der Waals surface area contributed by atoms with Crippen molar-refractivity contribution in [3.05, 3.63) is 65.2 Å². The van der Waals surface area contributed by atoms with Crippen molar-refractivity contribution in [3.8, 4) is 5.75 Å². The molecule has 4 nitrogen and oxygen atoms in total. The van der Waals surface area contributed by atoms with Crippen LogP contribution in [0.1, 0.15) is 16.7 Å². The zero-order valence-electron chi connectivity index (χ0n) is 12.7. The van der Waals surface area contributed by atoms with E-state index in [1.165, 1.54) is 11.1 Å². The summed E-state index contributed by atoms with van der Waals surface area (Å²) < 4.78 is 5.19. The highest BCUT2D eigenvalue weighted by Crippen LogP contribution is 2.18. The normalized spacial score (nSPS) is 13.4. The monoisotopic (exact) mass is 296 g/mol. The van der Waals surface area contributed by atoms with Crippen molar-refractivity contribution in [1.82, 2.24) is 10.2 Å². The van der Waals surface area contributed by atoms with E-state index in [0.29, 0.717) is 13.1 Å². The van der Waals surface area contributed by atoms with E-state index < -0.39 is 0 Å². The van der Waals surface area contributed by atoms with Crippen molar-refractivity contribution in [2.75, 3.05) is 13.7 Å². The third-order valence-corrected chi connectivity index (χ3v) is 4.00. The number of ether oxygens (including phenoxy) is 1. The van der Waals surface area contributed by atoms with Gasteiger partial charge in [-0.1, -0.05) is 36.4 Å². The molecule has 2 amide bonds. The number of nitrogens with one attached hydrogen (secondary N) is 1. The van der Waals surface area contributed by atoms with Crippen LogP contribution in [0.5, 0.6) is 5.75 Å². The molecule has 0 saturated carbocycles. The van der Waals surface area contributed by atoms with Gasteiger partial charge in [0.05, 0.1) is 7.11 Å². The summed E-state index contributed by atoms with van der Waals surface area (Å²) >= 11 is 0. The topological polar surface area (TPSA) is 41.6 Å². The molecule has 0 atom stereocenters. The largest absolute Gasteiger partial charge is 0.497 e. The fourth-order valence-electron chi connectivity index (χ4n) is 2.74. The molecule has 2 aromatic carbocycles. The van der Waals surface area contributed by atoms with Crippen LogP contribution in [0.3, 0.4) is 0 Å². The molecule has 0 aromatic heterocycles. The van der Waals surface area contributed by atoms with Crippen molar-refractivity contribution in [1.29, 1.82) is 0 Å². The highest BCUT2D eigenvalue weighted by Gasteiger charge is 2.19. The van der Waals surface area contributed by atoms with Crippen LogP contribution < -0.4 is 10.1 Å². The molecular formula is C18H20N2O2. The zero-order valence-corrected chi connectivity index (χ0v) is 12.7. The van der Waals surface area contributed by atoms with Gasteiger partial charge in [0, 0.05) is 19.6 Å². The second-order valence-corrected chi connectivity index (χ2v) is 5.45. The molecule has 0 fully saturated rings. The minimum Gasteiger partial charge on any atom is -0.497 e. The molecule has 22 heavy (non-hydrogen) atoms. The van der Waals surface area contributed by atoms with E-state index in [1.807, 2.05) is 35.2 Å². The van der Waals surface area contributed by atoms with Crippen LogP contribution in [0.2, 0.25) is 0 Å². The Morgan fingerprint density at radius 3 is 2.82 bits per heavy atom. The van der Waals surface area contributed by atoms with E-state index >= 15 is 0 Å². The van der Waals surface area contributed by atoms with Gasteiger partial charge in [0.15, 0.2) is 0 Å². The summed E-state index contributed by atoms with van der Waals surface area (Å²) in [5.74, 6) is 0.804. The van der Waals surface area contributed by atoms with Crippen molar-refractivity contribution >= 4 is 6.03 Å². The third-order valence-electron chi connectivity index (χ3n) is 4.00. The summed E-state index contributed by atoms with van der Waals surface area (Å²) in [6.07, 6.45) is 0.919. The van der Waals surface area contributed by atoms with E-state index in [9.17, 15) is 4.79 Å². The number of hydrogen-bond acceptors (Lipinski definition) is 2. The maximum atomic E-state index is 12.3.